The maximum absolute atomic E-state index is 13.7. The molecule has 0 bridgehead atoms. The molecule has 2 amide bonds. The van der Waals surface area contributed by atoms with E-state index in [1.165, 1.54) is 17.8 Å². The van der Waals surface area contributed by atoms with Gasteiger partial charge in [-0.25, -0.2) is 0 Å². The predicted octanol–water partition coefficient (Wildman–Crippen LogP) is 5.18. The summed E-state index contributed by atoms with van der Waals surface area (Å²) in [5, 5.41) is 4.95. The number of rotatable bonds is 6. The number of carbonyl (C=O) groups excluding carboxylic acids is 2. The summed E-state index contributed by atoms with van der Waals surface area (Å²) >= 11 is 1.42. The van der Waals surface area contributed by atoms with Crippen LogP contribution >= 0.6 is 11.3 Å². The van der Waals surface area contributed by atoms with Gasteiger partial charge in [0.05, 0.1) is 4.88 Å². The number of para-hydroxylation sites is 1. The molecule has 0 aliphatic heterocycles. The lowest BCUT2D eigenvalue weighted by atomic mass is 9.85. The standard InChI is InChI=1S/C25H33N3O2S/c26-20-12-5-7-14-22(20)28(25(30)18-9-2-1-3-10-18)17-19-11-4-6-13-21(19)27-24(29)23-15-8-16-31-23/h4,6,8,11,13,15-16,18,20,22H,1-3,5,7,9-10,12,14,17,26H2,(H,27,29). The Morgan fingerprint density at radius 2 is 1.71 bits per heavy atom. The summed E-state index contributed by atoms with van der Waals surface area (Å²) in [4.78, 5) is 29.0. The zero-order chi connectivity index (χ0) is 21.6. The van der Waals surface area contributed by atoms with Gasteiger partial charge in [0.1, 0.15) is 0 Å². The first kappa shape index (κ1) is 22.0. The Kier molecular flexibility index (Phi) is 7.41. The second kappa shape index (κ2) is 10.4. The molecule has 2 aromatic rings. The van der Waals surface area contributed by atoms with E-state index < -0.39 is 0 Å². The van der Waals surface area contributed by atoms with Gasteiger partial charge in [0.15, 0.2) is 0 Å². The Hall–Kier alpha value is -2.18. The molecule has 2 unspecified atom stereocenters. The van der Waals surface area contributed by atoms with Gasteiger partial charge >= 0.3 is 0 Å². The normalized spacial score (nSPS) is 22.1. The molecular formula is C25H33N3O2S. The summed E-state index contributed by atoms with van der Waals surface area (Å²) in [6.07, 6.45) is 9.63. The fourth-order valence-electron chi connectivity index (χ4n) is 5.02. The summed E-state index contributed by atoms with van der Waals surface area (Å²) in [7, 11) is 0. The number of amides is 2. The Bertz CT molecular complexity index is 877. The van der Waals surface area contributed by atoms with Crippen LogP contribution in [0.1, 0.15) is 73.0 Å². The minimum absolute atomic E-state index is 0.0224. The molecule has 0 spiro atoms. The van der Waals surface area contributed by atoms with Crippen LogP contribution in [0.25, 0.3) is 0 Å². The van der Waals surface area contributed by atoms with Gasteiger partial charge in [0, 0.05) is 30.2 Å². The van der Waals surface area contributed by atoms with Crippen LogP contribution in [-0.4, -0.2) is 28.8 Å². The van der Waals surface area contributed by atoms with Crippen molar-refractivity contribution in [3.8, 4) is 0 Å². The number of anilines is 1. The lowest BCUT2D eigenvalue weighted by Crippen LogP contribution is -2.53. The SMILES string of the molecule is NC1CCCCC1N(Cc1ccccc1NC(=O)c1cccs1)C(=O)C1CCCCC1. The zero-order valence-corrected chi connectivity index (χ0v) is 18.9. The Balaban J connectivity index is 1.57. The highest BCUT2D eigenvalue weighted by atomic mass is 32.1. The first-order chi connectivity index (χ1) is 15.1. The Morgan fingerprint density at radius 1 is 0.968 bits per heavy atom. The van der Waals surface area contributed by atoms with E-state index in [2.05, 4.69) is 10.2 Å². The largest absolute Gasteiger partial charge is 0.334 e. The van der Waals surface area contributed by atoms with Crippen LogP contribution in [0.3, 0.4) is 0 Å². The van der Waals surface area contributed by atoms with Crippen LogP contribution in [0.2, 0.25) is 0 Å². The maximum Gasteiger partial charge on any atom is 0.265 e. The fraction of sp³-hybridized carbons (Fsp3) is 0.520. The summed E-state index contributed by atoms with van der Waals surface area (Å²) in [6, 6.07) is 11.6. The topological polar surface area (TPSA) is 75.4 Å². The van der Waals surface area contributed by atoms with Crippen molar-refractivity contribution in [1.29, 1.82) is 0 Å². The van der Waals surface area contributed by atoms with Gasteiger partial charge < -0.3 is 16.0 Å². The van der Waals surface area contributed by atoms with Crippen molar-refractivity contribution >= 4 is 28.8 Å². The van der Waals surface area contributed by atoms with E-state index in [1.807, 2.05) is 41.8 Å². The van der Waals surface area contributed by atoms with Crippen molar-refractivity contribution in [3.63, 3.8) is 0 Å². The van der Waals surface area contributed by atoms with Crippen molar-refractivity contribution in [2.45, 2.75) is 76.4 Å². The Labute approximate surface area is 189 Å². The predicted molar refractivity (Wildman–Crippen MR) is 126 cm³/mol. The average molecular weight is 440 g/mol. The molecule has 5 nitrogen and oxygen atoms in total. The third-order valence-electron chi connectivity index (χ3n) is 6.77. The molecular weight excluding hydrogens is 406 g/mol. The van der Waals surface area contributed by atoms with E-state index >= 15 is 0 Å². The van der Waals surface area contributed by atoms with Crippen molar-refractivity contribution in [1.82, 2.24) is 4.90 Å². The van der Waals surface area contributed by atoms with Gasteiger partial charge in [0.25, 0.3) is 5.91 Å². The first-order valence-corrected chi connectivity index (χ1v) is 12.5. The van der Waals surface area contributed by atoms with Crippen LogP contribution < -0.4 is 11.1 Å². The fourth-order valence-corrected chi connectivity index (χ4v) is 5.64. The molecule has 166 valence electrons. The highest BCUT2D eigenvalue weighted by Gasteiger charge is 2.35. The molecule has 0 saturated heterocycles. The molecule has 0 radical (unpaired) electrons. The number of nitrogens with one attached hydrogen (secondary N) is 1. The lowest BCUT2D eigenvalue weighted by Gasteiger charge is -2.41. The van der Waals surface area contributed by atoms with Crippen LogP contribution in [0.4, 0.5) is 5.69 Å². The van der Waals surface area contributed by atoms with Crippen LogP contribution in [0.15, 0.2) is 41.8 Å². The second-order valence-corrected chi connectivity index (χ2v) is 9.85. The molecule has 2 aliphatic carbocycles. The van der Waals surface area contributed by atoms with Gasteiger partial charge in [-0.2, -0.15) is 0 Å². The summed E-state index contributed by atoms with van der Waals surface area (Å²) < 4.78 is 0. The van der Waals surface area contributed by atoms with Crippen LogP contribution in [0.5, 0.6) is 0 Å². The quantitative estimate of drug-likeness (QED) is 0.651. The summed E-state index contributed by atoms with van der Waals surface area (Å²) in [5.41, 5.74) is 8.26. The highest BCUT2D eigenvalue weighted by molar-refractivity contribution is 7.12. The van der Waals surface area contributed by atoms with E-state index in [0.29, 0.717) is 11.4 Å². The summed E-state index contributed by atoms with van der Waals surface area (Å²) in [6.45, 7) is 0.495. The van der Waals surface area contributed by atoms with Crippen molar-refractivity contribution in [3.05, 3.63) is 52.2 Å². The number of carbonyl (C=O) groups is 2. The van der Waals surface area contributed by atoms with E-state index in [1.54, 1.807) is 0 Å². The Morgan fingerprint density at radius 3 is 2.45 bits per heavy atom. The molecule has 1 aromatic carbocycles. The van der Waals surface area contributed by atoms with Gasteiger partial charge in [-0.1, -0.05) is 56.4 Å². The number of thiophene rings is 1. The second-order valence-electron chi connectivity index (χ2n) is 8.91. The lowest BCUT2D eigenvalue weighted by molar-refractivity contribution is -0.140. The highest BCUT2D eigenvalue weighted by Crippen LogP contribution is 2.31. The first-order valence-electron chi connectivity index (χ1n) is 11.6. The number of nitrogens with zero attached hydrogens (tertiary/aromatic N) is 1. The molecule has 2 fully saturated rings. The number of hydrogen-bond acceptors (Lipinski definition) is 4. The van der Waals surface area contributed by atoms with E-state index in [-0.39, 0.29) is 29.8 Å². The summed E-state index contributed by atoms with van der Waals surface area (Å²) in [5.74, 6) is 0.249. The van der Waals surface area contributed by atoms with E-state index in [0.717, 1.165) is 62.6 Å². The molecule has 2 aliphatic rings. The molecule has 2 saturated carbocycles. The van der Waals surface area contributed by atoms with E-state index in [4.69, 9.17) is 5.73 Å². The zero-order valence-electron chi connectivity index (χ0n) is 18.1. The van der Waals surface area contributed by atoms with Crippen LogP contribution in [-0.2, 0) is 11.3 Å². The molecule has 1 aromatic heterocycles. The molecule has 1 heterocycles. The average Bonchev–Trinajstić information content (AvgIpc) is 3.34. The third-order valence-corrected chi connectivity index (χ3v) is 7.64. The number of benzene rings is 1. The number of hydrogen-bond donors (Lipinski definition) is 2. The van der Waals surface area contributed by atoms with Crippen molar-refractivity contribution in [2.24, 2.45) is 11.7 Å². The molecule has 2 atom stereocenters. The molecule has 31 heavy (non-hydrogen) atoms. The van der Waals surface area contributed by atoms with Gasteiger partial charge in [-0.3, -0.25) is 9.59 Å². The van der Waals surface area contributed by atoms with Crippen LogP contribution in [0, 0.1) is 5.92 Å². The number of nitrogens with two attached hydrogens (primary N) is 1. The van der Waals surface area contributed by atoms with Gasteiger partial charge in [-0.05, 0) is 48.8 Å². The third kappa shape index (κ3) is 5.36. The monoisotopic (exact) mass is 439 g/mol. The minimum atomic E-state index is -0.109. The van der Waals surface area contributed by atoms with Crippen molar-refractivity contribution in [2.75, 3.05) is 5.32 Å². The maximum atomic E-state index is 13.7. The van der Waals surface area contributed by atoms with Gasteiger partial charge in [-0.15, -0.1) is 11.3 Å². The van der Waals surface area contributed by atoms with Gasteiger partial charge in [0.2, 0.25) is 5.91 Å². The smallest absolute Gasteiger partial charge is 0.265 e. The molecule has 3 N–H and O–H groups in total. The van der Waals surface area contributed by atoms with E-state index in [9.17, 15) is 9.59 Å². The molecule has 6 heteroatoms. The molecule has 4 rings (SSSR count). The minimum Gasteiger partial charge on any atom is -0.334 e. The van der Waals surface area contributed by atoms with Crippen molar-refractivity contribution < 1.29 is 9.59 Å².